The van der Waals surface area contributed by atoms with Gasteiger partial charge in [-0.2, -0.15) is 0 Å². The predicted octanol–water partition coefficient (Wildman–Crippen LogP) is 3.37. The molecule has 2 N–H and O–H groups in total. The highest BCUT2D eigenvalue weighted by molar-refractivity contribution is 5.91. The summed E-state index contributed by atoms with van der Waals surface area (Å²) in [6, 6.07) is 5.93. The van der Waals surface area contributed by atoms with Crippen molar-refractivity contribution in [2.24, 2.45) is 5.41 Å². The molecule has 1 aromatic carbocycles. The highest BCUT2D eigenvalue weighted by atomic mass is 15.2. The number of rotatable bonds is 1. The van der Waals surface area contributed by atoms with Gasteiger partial charge in [0.25, 0.3) is 0 Å². The molecule has 1 aromatic heterocycles. The fraction of sp³-hybridized carbons (Fsp3) is 0.529. The lowest BCUT2D eigenvalue weighted by molar-refractivity contribution is 0.226. The van der Waals surface area contributed by atoms with Crippen molar-refractivity contribution in [1.82, 2.24) is 9.97 Å². The van der Waals surface area contributed by atoms with Crippen LogP contribution < -0.4 is 10.6 Å². The molecule has 0 unspecified atom stereocenters. The van der Waals surface area contributed by atoms with E-state index in [4.69, 9.17) is 5.73 Å². The van der Waals surface area contributed by atoms with E-state index < -0.39 is 0 Å². The molecule has 0 bridgehead atoms. The molecule has 1 saturated heterocycles. The predicted molar refractivity (Wildman–Crippen MR) is 86.3 cm³/mol. The Hall–Kier alpha value is -1.84. The highest BCUT2D eigenvalue weighted by Crippen LogP contribution is 2.46. The van der Waals surface area contributed by atoms with Gasteiger partial charge in [0.15, 0.2) is 0 Å². The number of nitrogens with two attached hydrogens (primary N) is 1. The van der Waals surface area contributed by atoms with Crippen LogP contribution in [0.25, 0.3) is 10.9 Å². The number of nitrogens with zero attached hydrogens (tertiary/aromatic N) is 3. The Bertz CT molecular complexity index is 651. The van der Waals surface area contributed by atoms with Gasteiger partial charge in [0.1, 0.15) is 12.1 Å². The van der Waals surface area contributed by atoms with Crippen LogP contribution in [0.2, 0.25) is 0 Å². The molecule has 1 aliphatic heterocycles. The summed E-state index contributed by atoms with van der Waals surface area (Å²) in [5.41, 5.74) is 8.20. The Morgan fingerprint density at radius 3 is 2.52 bits per heavy atom. The summed E-state index contributed by atoms with van der Waals surface area (Å²) in [7, 11) is 0. The first-order valence-corrected chi connectivity index (χ1v) is 8.01. The topological polar surface area (TPSA) is 55.0 Å². The van der Waals surface area contributed by atoms with Crippen LogP contribution in [-0.4, -0.2) is 23.1 Å². The lowest BCUT2D eigenvalue weighted by Crippen LogP contribution is -2.39. The molecule has 2 aliphatic rings. The first kappa shape index (κ1) is 12.9. The number of hydrogen-bond donors (Lipinski definition) is 1. The smallest absolute Gasteiger partial charge is 0.139 e. The maximum atomic E-state index is 5.86. The van der Waals surface area contributed by atoms with E-state index >= 15 is 0 Å². The summed E-state index contributed by atoms with van der Waals surface area (Å²) in [6.45, 7) is 2.24. The van der Waals surface area contributed by atoms with Gasteiger partial charge < -0.3 is 10.6 Å². The molecule has 0 radical (unpaired) electrons. The van der Waals surface area contributed by atoms with Gasteiger partial charge in [-0.3, -0.25) is 0 Å². The number of hydrogen-bond acceptors (Lipinski definition) is 4. The third-order valence-corrected chi connectivity index (χ3v) is 5.43. The van der Waals surface area contributed by atoms with Gasteiger partial charge in [-0.15, -0.1) is 0 Å². The van der Waals surface area contributed by atoms with Crippen LogP contribution in [0, 0.1) is 5.41 Å². The van der Waals surface area contributed by atoms with E-state index in [1.165, 1.54) is 38.5 Å². The summed E-state index contributed by atoms with van der Waals surface area (Å²) < 4.78 is 0. The molecule has 0 amide bonds. The zero-order valence-electron chi connectivity index (χ0n) is 12.4. The van der Waals surface area contributed by atoms with Crippen molar-refractivity contribution >= 4 is 22.4 Å². The molecule has 4 nitrogen and oxygen atoms in total. The number of fused-ring (bicyclic) bond motifs is 1. The minimum absolute atomic E-state index is 0.643. The van der Waals surface area contributed by atoms with Crippen LogP contribution in [0.1, 0.15) is 38.5 Å². The van der Waals surface area contributed by atoms with E-state index in [1.807, 2.05) is 12.1 Å². The third kappa shape index (κ3) is 2.23. The van der Waals surface area contributed by atoms with Gasteiger partial charge in [0.2, 0.25) is 0 Å². The summed E-state index contributed by atoms with van der Waals surface area (Å²) in [5.74, 6) is 1.08. The van der Waals surface area contributed by atoms with E-state index in [9.17, 15) is 0 Å². The zero-order valence-corrected chi connectivity index (χ0v) is 12.4. The average molecular weight is 282 g/mol. The Morgan fingerprint density at radius 1 is 1.00 bits per heavy atom. The van der Waals surface area contributed by atoms with Crippen molar-refractivity contribution in [1.29, 1.82) is 0 Å². The maximum Gasteiger partial charge on any atom is 0.139 e. The Labute approximate surface area is 125 Å². The molecule has 4 heteroatoms. The Balaban J connectivity index is 1.62. The van der Waals surface area contributed by atoms with Gasteiger partial charge in [0, 0.05) is 24.2 Å². The quantitative estimate of drug-likeness (QED) is 0.815. The molecular formula is C17H22N4. The molecule has 4 rings (SSSR count). The van der Waals surface area contributed by atoms with E-state index in [0.717, 1.165) is 35.5 Å². The fourth-order valence-corrected chi connectivity index (χ4v) is 4.13. The Kier molecular flexibility index (Phi) is 2.98. The number of anilines is 2. The monoisotopic (exact) mass is 282 g/mol. The van der Waals surface area contributed by atoms with E-state index in [-0.39, 0.29) is 0 Å². The molecule has 21 heavy (non-hydrogen) atoms. The van der Waals surface area contributed by atoms with Crippen molar-refractivity contribution in [3.63, 3.8) is 0 Å². The summed E-state index contributed by atoms with van der Waals surface area (Å²) in [4.78, 5) is 11.3. The summed E-state index contributed by atoms with van der Waals surface area (Å²) in [5, 5.41) is 1.12. The van der Waals surface area contributed by atoms with Crippen molar-refractivity contribution < 1.29 is 0 Å². The molecule has 110 valence electrons. The van der Waals surface area contributed by atoms with Crippen molar-refractivity contribution in [3.05, 3.63) is 24.5 Å². The first-order chi connectivity index (χ1) is 10.3. The fourth-order valence-electron chi connectivity index (χ4n) is 4.13. The second-order valence-electron chi connectivity index (χ2n) is 6.67. The molecule has 1 spiro atoms. The van der Waals surface area contributed by atoms with Crippen LogP contribution in [0.15, 0.2) is 24.5 Å². The van der Waals surface area contributed by atoms with Crippen LogP contribution in [-0.2, 0) is 0 Å². The normalized spacial score (nSPS) is 21.2. The van der Waals surface area contributed by atoms with Gasteiger partial charge >= 0.3 is 0 Å². The average Bonchev–Trinajstić information content (AvgIpc) is 2.95. The van der Waals surface area contributed by atoms with E-state index in [0.29, 0.717) is 5.41 Å². The van der Waals surface area contributed by atoms with Crippen LogP contribution >= 0.6 is 0 Å². The molecule has 2 heterocycles. The number of aromatic nitrogens is 2. The summed E-state index contributed by atoms with van der Waals surface area (Å²) >= 11 is 0. The van der Waals surface area contributed by atoms with Gasteiger partial charge in [-0.1, -0.05) is 12.8 Å². The van der Waals surface area contributed by atoms with Gasteiger partial charge in [0.05, 0.1) is 5.52 Å². The zero-order chi connectivity index (χ0) is 14.3. The second kappa shape index (κ2) is 4.86. The minimum atomic E-state index is 0.643. The van der Waals surface area contributed by atoms with Crippen molar-refractivity contribution in [3.8, 4) is 0 Å². The van der Waals surface area contributed by atoms with Crippen molar-refractivity contribution in [2.75, 3.05) is 23.7 Å². The standard InChI is InChI=1S/C17H22N4/c18-13-3-4-14-15(11-13)19-12-20-16(14)21-9-7-17(8-10-21)5-1-2-6-17/h3-4,11-12H,1-2,5-10,18H2. The molecule has 2 fully saturated rings. The first-order valence-electron chi connectivity index (χ1n) is 8.01. The molecule has 1 saturated carbocycles. The lowest BCUT2D eigenvalue weighted by atomic mass is 9.77. The largest absolute Gasteiger partial charge is 0.399 e. The minimum Gasteiger partial charge on any atom is -0.399 e. The molecule has 1 aliphatic carbocycles. The van der Waals surface area contributed by atoms with E-state index in [1.54, 1.807) is 6.33 Å². The van der Waals surface area contributed by atoms with Crippen molar-refractivity contribution in [2.45, 2.75) is 38.5 Å². The van der Waals surface area contributed by atoms with Gasteiger partial charge in [-0.05, 0) is 49.3 Å². The SMILES string of the molecule is Nc1ccc2c(N3CCC4(CCCC4)CC3)ncnc2c1. The number of piperidine rings is 1. The Morgan fingerprint density at radius 2 is 1.76 bits per heavy atom. The maximum absolute atomic E-state index is 5.86. The molecular weight excluding hydrogens is 260 g/mol. The second-order valence-corrected chi connectivity index (χ2v) is 6.67. The third-order valence-electron chi connectivity index (χ3n) is 5.43. The summed E-state index contributed by atoms with van der Waals surface area (Å²) in [6.07, 6.45) is 10.0. The van der Waals surface area contributed by atoms with Crippen LogP contribution in [0.3, 0.4) is 0 Å². The van der Waals surface area contributed by atoms with E-state index in [2.05, 4.69) is 20.9 Å². The number of nitrogen functional groups attached to an aromatic ring is 1. The molecule has 0 atom stereocenters. The highest BCUT2D eigenvalue weighted by Gasteiger charge is 2.37. The molecule has 2 aromatic rings. The number of benzene rings is 1. The lowest BCUT2D eigenvalue weighted by Gasteiger charge is -2.40. The van der Waals surface area contributed by atoms with Crippen LogP contribution in [0.4, 0.5) is 11.5 Å². The van der Waals surface area contributed by atoms with Gasteiger partial charge in [-0.25, -0.2) is 9.97 Å². The van der Waals surface area contributed by atoms with Crippen LogP contribution in [0.5, 0.6) is 0 Å².